The monoisotopic (exact) mass is 191 g/mol. The number of benzene rings is 1. The molecule has 0 aliphatic heterocycles. The largest absolute Gasteiger partial charge is 0.356 e. The summed E-state index contributed by atoms with van der Waals surface area (Å²) in [5, 5.41) is 3.82. The number of halogens is 1. The number of nitrogens with zero attached hydrogens (tertiary/aromatic N) is 1. The van der Waals surface area contributed by atoms with E-state index in [9.17, 15) is 4.39 Å². The van der Waals surface area contributed by atoms with E-state index in [0.717, 1.165) is 16.8 Å². The Balaban J connectivity index is 2.55. The molecule has 0 aliphatic carbocycles. The fourth-order valence-electron chi connectivity index (χ4n) is 1.31. The van der Waals surface area contributed by atoms with Crippen molar-refractivity contribution >= 4 is 0 Å². The average molecular weight is 191 g/mol. The Morgan fingerprint density at radius 2 is 2.07 bits per heavy atom. The van der Waals surface area contributed by atoms with Gasteiger partial charge in [-0.15, -0.1) is 0 Å². The first-order valence-electron chi connectivity index (χ1n) is 4.37. The third kappa shape index (κ3) is 1.41. The van der Waals surface area contributed by atoms with E-state index in [-0.39, 0.29) is 5.82 Å². The van der Waals surface area contributed by atoms with Crippen LogP contribution < -0.4 is 0 Å². The van der Waals surface area contributed by atoms with E-state index in [2.05, 4.69) is 5.16 Å². The Labute approximate surface area is 81.3 Å². The molecule has 0 fully saturated rings. The van der Waals surface area contributed by atoms with Crippen LogP contribution in [0.4, 0.5) is 4.39 Å². The van der Waals surface area contributed by atoms with Crippen LogP contribution in [0.1, 0.15) is 11.3 Å². The maximum atomic E-state index is 12.9. The van der Waals surface area contributed by atoms with Crippen molar-refractivity contribution in [2.75, 3.05) is 0 Å². The predicted molar refractivity (Wildman–Crippen MR) is 51.4 cm³/mol. The third-order valence-electron chi connectivity index (χ3n) is 2.24. The van der Waals surface area contributed by atoms with Crippen molar-refractivity contribution in [1.29, 1.82) is 0 Å². The second-order valence-electron chi connectivity index (χ2n) is 3.23. The van der Waals surface area contributed by atoms with Gasteiger partial charge in [0.25, 0.3) is 0 Å². The first kappa shape index (κ1) is 8.94. The molecule has 3 heteroatoms. The lowest BCUT2D eigenvalue weighted by Gasteiger charge is -1.96. The molecule has 14 heavy (non-hydrogen) atoms. The van der Waals surface area contributed by atoms with Gasteiger partial charge >= 0.3 is 0 Å². The summed E-state index contributed by atoms with van der Waals surface area (Å²) in [6.45, 7) is 3.77. The van der Waals surface area contributed by atoms with Gasteiger partial charge in [0, 0.05) is 11.1 Å². The molecule has 1 aromatic carbocycles. The van der Waals surface area contributed by atoms with Gasteiger partial charge in [-0.25, -0.2) is 4.39 Å². The maximum absolute atomic E-state index is 12.9. The van der Waals surface area contributed by atoms with E-state index in [1.165, 1.54) is 12.1 Å². The molecule has 0 saturated heterocycles. The van der Waals surface area contributed by atoms with Gasteiger partial charge in [-0.05, 0) is 26.0 Å². The highest BCUT2D eigenvalue weighted by molar-refractivity contribution is 5.61. The molecule has 0 N–H and O–H groups in total. The molecular weight excluding hydrogens is 181 g/mol. The first-order valence-corrected chi connectivity index (χ1v) is 4.37. The van der Waals surface area contributed by atoms with Crippen LogP contribution in [0.25, 0.3) is 11.3 Å². The fourth-order valence-corrected chi connectivity index (χ4v) is 1.31. The Bertz CT molecular complexity index is 462. The van der Waals surface area contributed by atoms with E-state index >= 15 is 0 Å². The fraction of sp³-hybridized carbons (Fsp3) is 0.182. The second kappa shape index (κ2) is 3.25. The number of rotatable bonds is 1. The maximum Gasteiger partial charge on any atom is 0.170 e. The number of aromatic nitrogens is 1. The molecule has 1 aromatic heterocycles. The molecule has 0 atom stereocenters. The third-order valence-corrected chi connectivity index (χ3v) is 2.24. The van der Waals surface area contributed by atoms with E-state index in [1.54, 1.807) is 12.1 Å². The highest BCUT2D eigenvalue weighted by atomic mass is 19.1. The lowest BCUT2D eigenvalue weighted by atomic mass is 10.1. The number of hydrogen-bond acceptors (Lipinski definition) is 2. The minimum atomic E-state index is -0.268. The highest BCUT2D eigenvalue weighted by Crippen LogP contribution is 2.25. The van der Waals surface area contributed by atoms with Crippen LogP contribution in [0.5, 0.6) is 0 Å². The first-order chi connectivity index (χ1) is 6.68. The molecule has 72 valence electrons. The van der Waals surface area contributed by atoms with Crippen LogP contribution >= 0.6 is 0 Å². The quantitative estimate of drug-likeness (QED) is 0.692. The Kier molecular flexibility index (Phi) is 2.08. The zero-order chi connectivity index (χ0) is 10.1. The Morgan fingerprint density at radius 1 is 1.29 bits per heavy atom. The summed E-state index contributed by atoms with van der Waals surface area (Å²) in [4.78, 5) is 0. The van der Waals surface area contributed by atoms with Gasteiger partial charge in [-0.3, -0.25) is 0 Å². The van der Waals surface area contributed by atoms with E-state index in [0.29, 0.717) is 5.76 Å². The standard InChI is InChI=1S/C11H10FNO/c1-7-8(2)13-14-11(7)9-4-3-5-10(12)6-9/h3-6H,1-2H3. The van der Waals surface area contributed by atoms with Gasteiger partial charge in [0.15, 0.2) is 5.76 Å². The Hall–Kier alpha value is -1.64. The normalized spacial score (nSPS) is 10.5. The molecule has 0 spiro atoms. The topological polar surface area (TPSA) is 26.0 Å². The van der Waals surface area contributed by atoms with Crippen molar-refractivity contribution in [3.05, 3.63) is 41.3 Å². The second-order valence-corrected chi connectivity index (χ2v) is 3.23. The molecule has 0 radical (unpaired) electrons. The molecule has 2 rings (SSSR count). The van der Waals surface area contributed by atoms with Crippen molar-refractivity contribution < 1.29 is 8.91 Å². The molecular formula is C11H10FNO. The summed E-state index contributed by atoms with van der Waals surface area (Å²) in [5.41, 5.74) is 2.52. The van der Waals surface area contributed by atoms with Gasteiger partial charge in [0.05, 0.1) is 5.69 Å². The van der Waals surface area contributed by atoms with Crippen molar-refractivity contribution in [3.63, 3.8) is 0 Å². The average Bonchev–Trinajstić information content (AvgIpc) is 2.48. The van der Waals surface area contributed by atoms with Crippen LogP contribution in [-0.4, -0.2) is 5.16 Å². The smallest absolute Gasteiger partial charge is 0.170 e. The van der Waals surface area contributed by atoms with Crippen LogP contribution in [-0.2, 0) is 0 Å². The minimum Gasteiger partial charge on any atom is -0.356 e. The molecule has 2 aromatic rings. The van der Waals surface area contributed by atoms with Gasteiger partial charge in [-0.1, -0.05) is 17.3 Å². The summed E-state index contributed by atoms with van der Waals surface area (Å²) >= 11 is 0. The van der Waals surface area contributed by atoms with Crippen molar-refractivity contribution in [3.8, 4) is 11.3 Å². The number of aryl methyl sites for hydroxylation is 1. The van der Waals surface area contributed by atoms with Gasteiger partial charge in [0.1, 0.15) is 5.82 Å². The predicted octanol–water partition coefficient (Wildman–Crippen LogP) is 3.10. The van der Waals surface area contributed by atoms with Crippen molar-refractivity contribution in [1.82, 2.24) is 5.16 Å². The van der Waals surface area contributed by atoms with Gasteiger partial charge in [0.2, 0.25) is 0 Å². The summed E-state index contributed by atoms with van der Waals surface area (Å²) in [6, 6.07) is 6.30. The van der Waals surface area contributed by atoms with E-state index in [1.807, 2.05) is 13.8 Å². The molecule has 0 bridgehead atoms. The molecule has 1 heterocycles. The summed E-state index contributed by atoms with van der Waals surface area (Å²) in [7, 11) is 0. The van der Waals surface area contributed by atoms with E-state index < -0.39 is 0 Å². The summed E-state index contributed by atoms with van der Waals surface area (Å²) in [6.07, 6.45) is 0. The summed E-state index contributed by atoms with van der Waals surface area (Å²) in [5.74, 6) is 0.373. The molecule has 0 amide bonds. The zero-order valence-electron chi connectivity index (χ0n) is 8.04. The van der Waals surface area contributed by atoms with Crippen molar-refractivity contribution in [2.24, 2.45) is 0 Å². The summed E-state index contributed by atoms with van der Waals surface area (Å²) < 4.78 is 18.0. The van der Waals surface area contributed by atoms with Crippen LogP contribution in [0.15, 0.2) is 28.8 Å². The molecule has 0 aliphatic rings. The highest BCUT2D eigenvalue weighted by Gasteiger charge is 2.10. The van der Waals surface area contributed by atoms with E-state index in [4.69, 9.17) is 4.52 Å². The van der Waals surface area contributed by atoms with Crippen molar-refractivity contribution in [2.45, 2.75) is 13.8 Å². The van der Waals surface area contributed by atoms with Gasteiger partial charge < -0.3 is 4.52 Å². The molecule has 2 nitrogen and oxygen atoms in total. The van der Waals surface area contributed by atoms with Crippen LogP contribution in [0.3, 0.4) is 0 Å². The van der Waals surface area contributed by atoms with Crippen LogP contribution in [0.2, 0.25) is 0 Å². The molecule has 0 unspecified atom stereocenters. The lowest BCUT2D eigenvalue weighted by molar-refractivity contribution is 0.426. The minimum absolute atomic E-state index is 0.268. The molecule has 0 saturated carbocycles. The SMILES string of the molecule is Cc1noc(-c2cccc(F)c2)c1C. The lowest BCUT2D eigenvalue weighted by Crippen LogP contribution is -1.80. The van der Waals surface area contributed by atoms with Crippen LogP contribution in [0, 0.1) is 19.7 Å². The number of hydrogen-bond donors (Lipinski definition) is 0. The Morgan fingerprint density at radius 3 is 2.64 bits per heavy atom. The van der Waals surface area contributed by atoms with Gasteiger partial charge in [-0.2, -0.15) is 0 Å². The zero-order valence-corrected chi connectivity index (χ0v) is 8.04.